The maximum Gasteiger partial charge on any atom is 0.220 e. The molecule has 0 unspecified atom stereocenters. The molecule has 226 valence electrons. The molecule has 0 bridgehead atoms. The number of allylic oxidation sites excluding steroid dienone is 1. The minimum atomic E-state index is -0.830. The first-order chi connectivity index (χ1) is 18.7. The maximum atomic E-state index is 12.2. The number of hydrogen-bond acceptors (Lipinski definition) is 3. The predicted octanol–water partition coefficient (Wildman–Crippen LogP) is 9.56. The summed E-state index contributed by atoms with van der Waals surface area (Å²) >= 11 is 0. The van der Waals surface area contributed by atoms with Crippen LogP contribution in [0, 0.1) is 0 Å². The smallest absolute Gasteiger partial charge is 0.220 e. The monoisotopic (exact) mass is 538 g/mol. The summed E-state index contributed by atoms with van der Waals surface area (Å²) in [5.41, 5.74) is 0. The van der Waals surface area contributed by atoms with Crippen molar-refractivity contribution in [2.24, 2.45) is 0 Å². The number of carbonyl (C=O) groups excluding carboxylic acids is 1. The molecule has 0 radical (unpaired) electrons. The fraction of sp³-hybridized carbons (Fsp3) is 0.912. The highest BCUT2D eigenvalue weighted by Crippen LogP contribution is 2.14. The zero-order valence-corrected chi connectivity index (χ0v) is 25.7. The number of nitrogens with one attached hydrogen (secondary N) is 1. The van der Waals surface area contributed by atoms with Gasteiger partial charge >= 0.3 is 0 Å². The van der Waals surface area contributed by atoms with E-state index in [1.807, 2.05) is 6.08 Å². The quantitative estimate of drug-likeness (QED) is 0.0631. The van der Waals surface area contributed by atoms with Gasteiger partial charge in [-0.15, -0.1) is 0 Å². The van der Waals surface area contributed by atoms with Crippen molar-refractivity contribution in [1.82, 2.24) is 5.32 Å². The van der Waals surface area contributed by atoms with Gasteiger partial charge in [0.1, 0.15) is 0 Å². The van der Waals surface area contributed by atoms with Gasteiger partial charge in [-0.1, -0.05) is 167 Å². The van der Waals surface area contributed by atoms with E-state index < -0.39 is 12.1 Å². The van der Waals surface area contributed by atoms with Crippen molar-refractivity contribution >= 4 is 5.91 Å². The highest BCUT2D eigenvalue weighted by molar-refractivity contribution is 5.76. The third-order valence-electron chi connectivity index (χ3n) is 7.77. The predicted molar refractivity (Wildman–Crippen MR) is 166 cm³/mol. The Morgan fingerprint density at radius 2 is 0.974 bits per heavy atom. The number of aliphatic hydroxyl groups is 2. The van der Waals surface area contributed by atoms with E-state index in [9.17, 15) is 15.0 Å². The normalized spacial score (nSPS) is 13.3. The highest BCUT2D eigenvalue weighted by atomic mass is 16.3. The molecular weight excluding hydrogens is 470 g/mol. The van der Waals surface area contributed by atoms with E-state index in [2.05, 4.69) is 19.2 Å². The molecule has 4 heteroatoms. The summed E-state index contributed by atoms with van der Waals surface area (Å²) in [6, 6.07) is -0.612. The minimum absolute atomic E-state index is 0.0652. The van der Waals surface area contributed by atoms with Gasteiger partial charge in [-0.3, -0.25) is 4.79 Å². The Bertz CT molecular complexity index is 508. The average Bonchev–Trinajstić information content (AvgIpc) is 2.92. The number of unbranched alkanes of at least 4 members (excludes halogenated alkanes) is 23. The van der Waals surface area contributed by atoms with Gasteiger partial charge in [0.2, 0.25) is 5.91 Å². The summed E-state index contributed by atoms with van der Waals surface area (Å²) in [6.45, 7) is 4.27. The van der Waals surface area contributed by atoms with Crippen molar-refractivity contribution in [2.45, 2.75) is 193 Å². The molecular formula is C34H67NO3. The van der Waals surface area contributed by atoms with E-state index in [1.165, 1.54) is 135 Å². The highest BCUT2D eigenvalue weighted by Gasteiger charge is 2.17. The molecule has 0 rings (SSSR count). The fourth-order valence-electron chi connectivity index (χ4n) is 5.12. The van der Waals surface area contributed by atoms with Crippen LogP contribution in [0.3, 0.4) is 0 Å². The Morgan fingerprint density at radius 3 is 1.37 bits per heavy atom. The van der Waals surface area contributed by atoms with E-state index >= 15 is 0 Å². The molecule has 0 spiro atoms. The third kappa shape index (κ3) is 26.7. The molecule has 2 atom stereocenters. The van der Waals surface area contributed by atoms with E-state index in [-0.39, 0.29) is 12.5 Å². The molecule has 4 nitrogen and oxygen atoms in total. The van der Waals surface area contributed by atoms with Crippen LogP contribution in [-0.2, 0) is 4.79 Å². The number of carbonyl (C=O) groups is 1. The molecule has 0 aliphatic carbocycles. The molecule has 0 aromatic carbocycles. The number of aliphatic hydroxyl groups excluding tert-OH is 2. The standard InChI is InChI=1S/C34H67NO3/c1-3-5-7-9-11-13-14-15-16-17-18-19-20-22-24-26-28-30-34(38)35-32(31-36)33(37)29-27-25-23-21-12-10-8-6-4-2/h27,29,32-33,36-37H,3-26,28,30-31H2,1-2H3,(H,35,38)/b29-27+/t32-,33+/m0/s1. The summed E-state index contributed by atoms with van der Waals surface area (Å²) in [5, 5.41) is 22.7. The maximum absolute atomic E-state index is 12.2. The van der Waals surface area contributed by atoms with Crippen molar-refractivity contribution in [3.05, 3.63) is 12.2 Å². The van der Waals surface area contributed by atoms with Crippen molar-refractivity contribution < 1.29 is 15.0 Å². The van der Waals surface area contributed by atoms with Crippen LogP contribution in [0.15, 0.2) is 12.2 Å². The summed E-state index contributed by atoms with van der Waals surface area (Å²) in [4.78, 5) is 12.2. The van der Waals surface area contributed by atoms with Crippen LogP contribution in [0.25, 0.3) is 0 Å². The lowest BCUT2D eigenvalue weighted by atomic mass is 10.0. The van der Waals surface area contributed by atoms with E-state index in [4.69, 9.17) is 0 Å². The molecule has 3 N–H and O–H groups in total. The zero-order valence-electron chi connectivity index (χ0n) is 25.7. The van der Waals surface area contributed by atoms with Crippen molar-refractivity contribution in [3.63, 3.8) is 0 Å². The van der Waals surface area contributed by atoms with E-state index in [0.717, 1.165) is 25.7 Å². The summed E-state index contributed by atoms with van der Waals surface area (Å²) in [7, 11) is 0. The lowest BCUT2D eigenvalue weighted by Crippen LogP contribution is -2.45. The van der Waals surface area contributed by atoms with Crippen LogP contribution in [0.5, 0.6) is 0 Å². The molecule has 0 saturated carbocycles. The first kappa shape index (κ1) is 37.1. The molecule has 0 saturated heterocycles. The van der Waals surface area contributed by atoms with Crippen LogP contribution < -0.4 is 5.32 Å². The van der Waals surface area contributed by atoms with Crippen LogP contribution >= 0.6 is 0 Å². The molecule has 0 fully saturated rings. The first-order valence-corrected chi connectivity index (χ1v) is 16.9. The van der Waals surface area contributed by atoms with Gasteiger partial charge in [-0.05, 0) is 19.3 Å². The lowest BCUT2D eigenvalue weighted by Gasteiger charge is -2.20. The second kappa shape index (κ2) is 30.7. The molecule has 0 aromatic rings. The Labute approximate surface area is 237 Å². The van der Waals surface area contributed by atoms with E-state index in [0.29, 0.717) is 6.42 Å². The average molecular weight is 538 g/mol. The van der Waals surface area contributed by atoms with Gasteiger partial charge in [-0.2, -0.15) is 0 Å². The molecule has 0 aliphatic rings. The largest absolute Gasteiger partial charge is 0.394 e. The summed E-state index contributed by atoms with van der Waals surface area (Å²) < 4.78 is 0. The van der Waals surface area contributed by atoms with Crippen molar-refractivity contribution in [1.29, 1.82) is 0 Å². The minimum Gasteiger partial charge on any atom is -0.394 e. The van der Waals surface area contributed by atoms with Crippen LogP contribution in [0.2, 0.25) is 0 Å². The van der Waals surface area contributed by atoms with Gasteiger partial charge in [0, 0.05) is 6.42 Å². The third-order valence-corrected chi connectivity index (χ3v) is 7.77. The van der Waals surface area contributed by atoms with Crippen LogP contribution in [0.4, 0.5) is 0 Å². The lowest BCUT2D eigenvalue weighted by molar-refractivity contribution is -0.123. The van der Waals surface area contributed by atoms with Gasteiger partial charge < -0.3 is 15.5 Å². The SMILES string of the molecule is CCCCCCCCC/C=C/[C@@H](O)[C@H](CO)NC(=O)CCCCCCCCCCCCCCCCCCC. The number of rotatable bonds is 30. The van der Waals surface area contributed by atoms with Crippen LogP contribution in [-0.4, -0.2) is 34.9 Å². The van der Waals surface area contributed by atoms with Gasteiger partial charge in [0.05, 0.1) is 18.8 Å². The molecule has 0 aromatic heterocycles. The Hall–Kier alpha value is -0.870. The first-order valence-electron chi connectivity index (χ1n) is 16.9. The Kier molecular flexibility index (Phi) is 30.0. The van der Waals surface area contributed by atoms with Gasteiger partial charge in [0.15, 0.2) is 0 Å². The summed E-state index contributed by atoms with van der Waals surface area (Å²) in [6.07, 6.45) is 35.8. The fourth-order valence-corrected chi connectivity index (χ4v) is 5.12. The van der Waals surface area contributed by atoms with Gasteiger partial charge in [-0.25, -0.2) is 0 Å². The molecule has 0 aliphatic heterocycles. The Morgan fingerprint density at radius 1 is 0.605 bits per heavy atom. The second-order valence-electron chi connectivity index (χ2n) is 11.6. The molecule has 1 amide bonds. The molecule has 0 heterocycles. The summed E-state index contributed by atoms with van der Waals surface area (Å²) in [5.74, 6) is -0.0652. The van der Waals surface area contributed by atoms with Crippen molar-refractivity contribution in [2.75, 3.05) is 6.61 Å². The number of hydrogen-bond donors (Lipinski definition) is 3. The van der Waals surface area contributed by atoms with Crippen LogP contribution in [0.1, 0.15) is 181 Å². The van der Waals surface area contributed by atoms with Gasteiger partial charge in [0.25, 0.3) is 0 Å². The topological polar surface area (TPSA) is 69.6 Å². The van der Waals surface area contributed by atoms with Crippen molar-refractivity contribution in [3.8, 4) is 0 Å². The molecule has 38 heavy (non-hydrogen) atoms. The van der Waals surface area contributed by atoms with E-state index in [1.54, 1.807) is 6.08 Å². The Balaban J connectivity index is 3.56. The second-order valence-corrected chi connectivity index (χ2v) is 11.6. The zero-order chi connectivity index (χ0) is 27.9. The number of amides is 1.